The first-order chi connectivity index (χ1) is 63.9. The summed E-state index contributed by atoms with van der Waals surface area (Å²) < 4.78 is 0. The maximum atomic E-state index is 4.72. The quantitative estimate of drug-likeness (QED) is 0.123. The SMILES string of the molecule is Cc1cc2ccccc2c2ccccc12.Cc1ccc(-c2cc3ccccc3c3ccccc23)cc1.Cc1ccc(-c2nc(-c3ccccc3)nc(-c3ccccc3)n2)cc1.Cc1ccc2cc(-c3cc4ccccc4c4ccccc34)ccc2c1.Cc1cccc(-c2nc(-c3ccccc3)nc(-c3ccccc3)n2)c1.Cc1nc(-c2ccccc2)nc(-c2ccccc2)n1. The molecule has 0 atom stereocenters. The number of rotatable bonds is 10. The second kappa shape index (κ2) is 39.6. The maximum absolute atomic E-state index is 4.72. The van der Waals surface area contributed by atoms with E-state index in [0.717, 1.165) is 50.3 Å². The van der Waals surface area contributed by atoms with Gasteiger partial charge in [0.1, 0.15) is 5.82 Å². The minimum atomic E-state index is 0.685. The average molecular weight is 1670 g/mol. The number of fused-ring (bicyclic) bond motifs is 10. The van der Waals surface area contributed by atoms with Gasteiger partial charge in [-0.25, -0.2) is 44.9 Å². The molecule has 0 saturated carbocycles. The molecule has 20 aromatic carbocycles. The molecule has 0 N–H and O–H groups in total. The molecule has 0 bridgehead atoms. The van der Waals surface area contributed by atoms with Crippen LogP contribution in [0.4, 0.5) is 0 Å². The van der Waals surface area contributed by atoms with Crippen LogP contribution in [-0.2, 0) is 0 Å². The second-order valence-electron chi connectivity index (χ2n) is 32.3. The summed E-state index contributed by atoms with van der Waals surface area (Å²) in [5.74, 6) is 6.28. The van der Waals surface area contributed by atoms with Gasteiger partial charge in [-0.2, -0.15) is 0 Å². The van der Waals surface area contributed by atoms with E-state index in [0.29, 0.717) is 46.6 Å². The van der Waals surface area contributed by atoms with E-state index >= 15 is 0 Å². The zero-order valence-corrected chi connectivity index (χ0v) is 73.3. The van der Waals surface area contributed by atoms with Gasteiger partial charge in [0, 0.05) is 44.5 Å². The first-order valence-corrected chi connectivity index (χ1v) is 43.9. The number of hydrogen-bond donors (Lipinski definition) is 0. The van der Waals surface area contributed by atoms with E-state index in [1.165, 1.54) is 125 Å². The van der Waals surface area contributed by atoms with Crippen LogP contribution in [0.3, 0.4) is 0 Å². The second-order valence-corrected chi connectivity index (χ2v) is 32.3. The number of nitrogens with zero attached hydrogens (tertiary/aromatic N) is 9. The van der Waals surface area contributed by atoms with E-state index in [1.54, 1.807) is 0 Å². The van der Waals surface area contributed by atoms with E-state index in [4.69, 9.17) is 29.9 Å². The Balaban J connectivity index is 0.000000106. The monoisotopic (exact) mass is 1670 g/mol. The topological polar surface area (TPSA) is 116 Å². The van der Waals surface area contributed by atoms with Crippen LogP contribution in [0, 0.1) is 41.5 Å². The zero-order chi connectivity index (χ0) is 88.5. The third-order valence-electron chi connectivity index (χ3n) is 23.0. The molecule has 9 nitrogen and oxygen atoms in total. The predicted molar refractivity (Wildman–Crippen MR) is 544 cm³/mol. The molecule has 130 heavy (non-hydrogen) atoms. The van der Waals surface area contributed by atoms with Gasteiger partial charge in [-0.1, -0.05) is 453 Å². The lowest BCUT2D eigenvalue weighted by Crippen LogP contribution is -2.00. The van der Waals surface area contributed by atoms with Crippen molar-refractivity contribution in [3.8, 4) is 113 Å². The molecule has 0 aliphatic heterocycles. The Morgan fingerprint density at radius 2 is 0.385 bits per heavy atom. The molecule has 3 aromatic heterocycles. The summed E-state index contributed by atoms with van der Waals surface area (Å²) in [6.07, 6.45) is 0. The lowest BCUT2D eigenvalue weighted by atomic mass is 9.92. The molecule has 23 rings (SSSR count). The first kappa shape index (κ1) is 84.1. The Labute approximate surface area is 758 Å². The molecule has 23 aromatic rings. The van der Waals surface area contributed by atoms with Gasteiger partial charge in [-0.15, -0.1) is 0 Å². The smallest absolute Gasteiger partial charge is 0.164 e. The van der Waals surface area contributed by atoms with Gasteiger partial charge in [0.05, 0.1) is 0 Å². The maximum Gasteiger partial charge on any atom is 0.164 e. The highest BCUT2D eigenvalue weighted by molar-refractivity contribution is 6.15. The van der Waals surface area contributed by atoms with Crippen molar-refractivity contribution in [3.05, 3.63) is 489 Å². The molecule has 0 radical (unpaired) electrons. The van der Waals surface area contributed by atoms with Crippen molar-refractivity contribution in [1.82, 2.24) is 44.9 Å². The molecule has 0 amide bonds. The lowest BCUT2D eigenvalue weighted by molar-refractivity contribution is 0.992. The molecule has 0 aliphatic rings. The number of benzene rings is 20. The van der Waals surface area contributed by atoms with E-state index in [-0.39, 0.29) is 0 Å². The lowest BCUT2D eigenvalue weighted by Gasteiger charge is -2.12. The summed E-state index contributed by atoms with van der Waals surface area (Å²) in [6.45, 7) is 12.5. The number of hydrogen-bond acceptors (Lipinski definition) is 9. The minimum absolute atomic E-state index is 0.685. The summed E-state index contributed by atoms with van der Waals surface area (Å²) in [4.78, 5) is 41.6. The van der Waals surface area contributed by atoms with Crippen LogP contribution in [0.2, 0.25) is 0 Å². The molecule has 0 unspecified atom stereocenters. The summed E-state index contributed by atoms with van der Waals surface area (Å²) in [6, 6.07) is 157. The van der Waals surface area contributed by atoms with Crippen molar-refractivity contribution in [3.63, 3.8) is 0 Å². The van der Waals surface area contributed by atoms with Crippen LogP contribution in [0.1, 0.15) is 33.6 Å². The Morgan fingerprint density at radius 1 is 0.131 bits per heavy atom. The first-order valence-electron chi connectivity index (χ1n) is 43.9. The van der Waals surface area contributed by atoms with Gasteiger partial charge in [0.25, 0.3) is 0 Å². The summed E-state index contributed by atoms with van der Waals surface area (Å²) in [5.41, 5.74) is 19.4. The van der Waals surface area contributed by atoms with Crippen molar-refractivity contribution >= 4 is 75.4 Å². The molecule has 3 heterocycles. The van der Waals surface area contributed by atoms with Crippen molar-refractivity contribution < 1.29 is 0 Å². The summed E-state index contributed by atoms with van der Waals surface area (Å²) in [5, 5.41) is 18.5. The highest BCUT2D eigenvalue weighted by atomic mass is 15.0. The van der Waals surface area contributed by atoms with Crippen molar-refractivity contribution in [1.29, 1.82) is 0 Å². The molecule has 622 valence electrons. The van der Waals surface area contributed by atoms with Gasteiger partial charge >= 0.3 is 0 Å². The van der Waals surface area contributed by atoms with Gasteiger partial charge in [-0.3, -0.25) is 0 Å². The van der Waals surface area contributed by atoms with E-state index < -0.39 is 0 Å². The van der Waals surface area contributed by atoms with Gasteiger partial charge in [0.2, 0.25) is 0 Å². The number of aromatic nitrogens is 9. The predicted octanol–water partition coefficient (Wildman–Crippen LogP) is 31.3. The normalized spacial score (nSPS) is 10.8. The number of aryl methyl sites for hydroxylation is 6. The Bertz CT molecular complexity index is 7700. The van der Waals surface area contributed by atoms with E-state index in [9.17, 15) is 0 Å². The van der Waals surface area contributed by atoms with Gasteiger partial charge < -0.3 is 0 Å². The average Bonchev–Trinajstić information content (AvgIpc) is 0.760. The van der Waals surface area contributed by atoms with Gasteiger partial charge in [0.15, 0.2) is 46.6 Å². The molecule has 0 aliphatic carbocycles. The standard InChI is InChI=1S/C25H18.2C22H17N3.C21H16.C16H13N3.C15H12/c1-17-10-11-19-15-21(13-12-18(19)14-17)25-16-20-6-2-3-7-22(20)23-8-4-5-9-24(23)25;1-16-9-8-14-19(15-16)22-24-20(17-10-4-2-5-11-17)23-21(25-22)18-12-6-3-7-13-18;1-16-12-14-19(15-13-16)22-24-20(17-8-4-2-5-9-17)23-21(25-22)18-10-6-3-7-11-18;1-15-10-12-16(13-11-15)21-14-17-6-2-3-7-18(17)19-8-4-5-9-20(19)21;1-12-17-15(13-8-4-2-5-9-13)19-16(18-12)14-10-6-3-7-11-14;1-11-10-12-6-2-3-8-14(12)15-9-5-4-7-13(11)15/h2-16H,1H3;2*2-15H,1H3;2-14H,1H3;2-11H,1H3;2-10H,1H3. The fourth-order valence-corrected chi connectivity index (χ4v) is 16.4. The van der Waals surface area contributed by atoms with Crippen LogP contribution >= 0.6 is 0 Å². The van der Waals surface area contributed by atoms with Crippen LogP contribution in [-0.4, -0.2) is 44.9 Å². The molecule has 0 spiro atoms. The van der Waals surface area contributed by atoms with Crippen molar-refractivity contribution in [2.24, 2.45) is 0 Å². The van der Waals surface area contributed by atoms with Crippen LogP contribution in [0.15, 0.2) is 455 Å². The highest BCUT2D eigenvalue weighted by Crippen LogP contribution is 2.39. The molecule has 9 heteroatoms. The highest BCUT2D eigenvalue weighted by Gasteiger charge is 2.17. The Hall–Kier alpha value is -16.8. The fourth-order valence-electron chi connectivity index (χ4n) is 16.4. The van der Waals surface area contributed by atoms with Crippen molar-refractivity contribution in [2.75, 3.05) is 0 Å². The summed E-state index contributed by atoms with van der Waals surface area (Å²) in [7, 11) is 0. The molecule has 0 saturated heterocycles. The Kier molecular flexibility index (Phi) is 25.6. The van der Waals surface area contributed by atoms with Crippen molar-refractivity contribution in [2.45, 2.75) is 41.5 Å². The van der Waals surface area contributed by atoms with Crippen LogP contribution in [0.5, 0.6) is 0 Å². The molecule has 0 fully saturated rings. The molecular formula is C121H93N9. The largest absolute Gasteiger partial charge is 0.213 e. The fraction of sp³-hybridized carbons (Fsp3) is 0.0496. The van der Waals surface area contributed by atoms with Gasteiger partial charge in [-0.05, 0) is 169 Å². The third kappa shape index (κ3) is 19.8. The van der Waals surface area contributed by atoms with Crippen LogP contribution < -0.4 is 0 Å². The molecular weight excluding hydrogens is 1580 g/mol. The zero-order valence-electron chi connectivity index (χ0n) is 73.3. The van der Waals surface area contributed by atoms with E-state index in [2.05, 4.69) is 298 Å². The minimum Gasteiger partial charge on any atom is -0.213 e. The third-order valence-corrected chi connectivity index (χ3v) is 23.0. The van der Waals surface area contributed by atoms with E-state index in [1.807, 2.05) is 213 Å². The van der Waals surface area contributed by atoms with Crippen LogP contribution in [0.25, 0.3) is 189 Å². The Morgan fingerprint density at radius 3 is 0.769 bits per heavy atom. The summed E-state index contributed by atoms with van der Waals surface area (Å²) >= 11 is 0.